The van der Waals surface area contributed by atoms with Gasteiger partial charge in [-0.2, -0.15) is 5.26 Å². The molecule has 19 heavy (non-hydrogen) atoms. The fourth-order valence-electron chi connectivity index (χ4n) is 2.82. The molecule has 1 aliphatic rings. The maximum atomic E-state index is 14.1. The third-order valence-electron chi connectivity index (χ3n) is 3.56. The van der Waals surface area contributed by atoms with Gasteiger partial charge in [0.1, 0.15) is 0 Å². The highest BCUT2D eigenvalue weighted by Gasteiger charge is 2.57. The number of halogens is 2. The summed E-state index contributed by atoms with van der Waals surface area (Å²) in [5.74, 6) is -2.97. The van der Waals surface area contributed by atoms with Crippen LogP contribution in [0, 0.1) is 11.3 Å². The van der Waals surface area contributed by atoms with E-state index in [9.17, 15) is 8.78 Å². The number of nitrogens with zero attached hydrogens (tertiary/aromatic N) is 2. The monoisotopic (exact) mass is 264 g/mol. The predicted octanol–water partition coefficient (Wildman–Crippen LogP) is 3.76. The van der Waals surface area contributed by atoms with Crippen LogP contribution >= 0.6 is 0 Å². The Morgan fingerprint density at radius 1 is 1.26 bits per heavy atom. The van der Waals surface area contributed by atoms with Gasteiger partial charge in [-0.25, -0.2) is 8.78 Å². The Morgan fingerprint density at radius 3 is 2.32 bits per heavy atom. The first-order valence-corrected chi connectivity index (χ1v) is 6.38. The fraction of sp³-hybridized carbons (Fsp3) is 0.533. The lowest BCUT2D eigenvalue weighted by Gasteiger charge is -2.38. The van der Waals surface area contributed by atoms with Crippen LogP contribution in [0.4, 0.5) is 8.78 Å². The number of hydrogen-bond acceptors (Lipinski definition) is 2. The molecule has 0 aliphatic carbocycles. The van der Waals surface area contributed by atoms with Crippen molar-refractivity contribution in [1.29, 1.82) is 5.26 Å². The first-order chi connectivity index (χ1) is 8.77. The topological polar surface area (TPSA) is 27.0 Å². The molecule has 0 bridgehead atoms. The number of rotatable bonds is 1. The van der Waals surface area contributed by atoms with Gasteiger partial charge in [-0.1, -0.05) is 30.3 Å². The molecule has 0 aromatic heterocycles. The largest absolute Gasteiger partial charge is 0.278 e. The van der Waals surface area contributed by atoms with E-state index >= 15 is 0 Å². The van der Waals surface area contributed by atoms with Crippen LogP contribution in [0.3, 0.4) is 0 Å². The van der Waals surface area contributed by atoms with E-state index in [0.29, 0.717) is 0 Å². The molecule has 0 spiro atoms. The summed E-state index contributed by atoms with van der Waals surface area (Å²) in [6.45, 7) is 5.61. The summed E-state index contributed by atoms with van der Waals surface area (Å²) in [4.78, 5) is 1.64. The van der Waals surface area contributed by atoms with Crippen molar-refractivity contribution in [1.82, 2.24) is 4.90 Å². The van der Waals surface area contributed by atoms with Crippen molar-refractivity contribution >= 4 is 0 Å². The Hall–Kier alpha value is -1.47. The van der Waals surface area contributed by atoms with E-state index in [-0.39, 0.29) is 6.42 Å². The third kappa shape index (κ3) is 2.48. The molecule has 2 rings (SSSR count). The SMILES string of the molecule is CC(C)(C)N1[C@@H](C#N)C(F)(F)C[C@H]1c1ccccc1. The third-order valence-corrected chi connectivity index (χ3v) is 3.56. The number of hydrogen-bond donors (Lipinski definition) is 0. The van der Waals surface area contributed by atoms with E-state index in [0.717, 1.165) is 5.56 Å². The van der Waals surface area contributed by atoms with Gasteiger partial charge in [0.2, 0.25) is 0 Å². The highest BCUT2D eigenvalue weighted by atomic mass is 19.3. The predicted molar refractivity (Wildman–Crippen MR) is 69.7 cm³/mol. The molecule has 0 N–H and O–H groups in total. The molecule has 1 aromatic rings. The zero-order valence-electron chi connectivity index (χ0n) is 11.4. The van der Waals surface area contributed by atoms with E-state index < -0.39 is 23.5 Å². The molecule has 1 aliphatic heterocycles. The van der Waals surface area contributed by atoms with Crippen molar-refractivity contribution in [3.8, 4) is 6.07 Å². The van der Waals surface area contributed by atoms with Gasteiger partial charge in [0, 0.05) is 18.0 Å². The van der Waals surface area contributed by atoms with Crippen LogP contribution in [-0.2, 0) is 0 Å². The zero-order chi connectivity index (χ0) is 14.3. The Labute approximate surface area is 112 Å². The first-order valence-electron chi connectivity index (χ1n) is 6.38. The van der Waals surface area contributed by atoms with Crippen molar-refractivity contribution in [2.45, 2.75) is 50.7 Å². The number of benzene rings is 1. The van der Waals surface area contributed by atoms with Crippen LogP contribution < -0.4 is 0 Å². The van der Waals surface area contributed by atoms with Crippen LogP contribution in [0.5, 0.6) is 0 Å². The van der Waals surface area contributed by atoms with Crippen molar-refractivity contribution in [2.24, 2.45) is 0 Å². The quantitative estimate of drug-likeness (QED) is 0.772. The normalized spacial score (nSPS) is 27.2. The standard InChI is InChI=1S/C15H18F2N2/c1-14(2,3)19-12(11-7-5-4-6-8-11)9-15(16,17)13(19)10-18/h4-8,12-13H,9H2,1-3H3/t12-,13-/m0/s1. The lowest BCUT2D eigenvalue weighted by atomic mass is 9.99. The first kappa shape index (κ1) is 14.0. The Bertz CT molecular complexity index is 485. The Balaban J connectivity index is 2.46. The minimum atomic E-state index is -2.97. The molecular weight excluding hydrogens is 246 g/mol. The van der Waals surface area contributed by atoms with E-state index in [1.54, 1.807) is 11.0 Å². The average Bonchev–Trinajstić information content (AvgIpc) is 2.61. The smallest absolute Gasteiger partial charge is 0.271 e. The molecule has 0 amide bonds. The van der Waals surface area contributed by atoms with Crippen LogP contribution in [0.1, 0.15) is 38.8 Å². The van der Waals surface area contributed by atoms with Gasteiger partial charge in [0.05, 0.1) is 6.07 Å². The highest BCUT2D eigenvalue weighted by molar-refractivity contribution is 5.25. The molecule has 2 nitrogen and oxygen atoms in total. The average molecular weight is 264 g/mol. The van der Waals surface area contributed by atoms with Crippen molar-refractivity contribution in [3.05, 3.63) is 35.9 Å². The summed E-state index contributed by atoms with van der Waals surface area (Å²) in [6, 6.07) is 9.24. The van der Waals surface area contributed by atoms with E-state index in [1.165, 1.54) is 0 Å². The molecule has 102 valence electrons. The molecule has 2 atom stereocenters. The van der Waals surface area contributed by atoms with Gasteiger partial charge in [-0.15, -0.1) is 0 Å². The zero-order valence-corrected chi connectivity index (χ0v) is 11.4. The minimum absolute atomic E-state index is 0.299. The lowest BCUT2D eigenvalue weighted by Crippen LogP contribution is -2.48. The molecule has 1 heterocycles. The summed E-state index contributed by atoms with van der Waals surface area (Å²) in [7, 11) is 0. The summed E-state index contributed by atoms with van der Waals surface area (Å²) in [6.07, 6.45) is -0.299. The molecule has 1 saturated heterocycles. The number of nitriles is 1. The van der Waals surface area contributed by atoms with Gasteiger partial charge < -0.3 is 0 Å². The van der Waals surface area contributed by atoms with Crippen molar-refractivity contribution in [2.75, 3.05) is 0 Å². The molecule has 0 saturated carbocycles. The van der Waals surface area contributed by atoms with E-state index in [2.05, 4.69) is 0 Å². The summed E-state index contributed by atoms with van der Waals surface area (Å²) in [5, 5.41) is 9.13. The van der Waals surface area contributed by atoms with Crippen LogP contribution in [0.2, 0.25) is 0 Å². The van der Waals surface area contributed by atoms with Gasteiger partial charge >= 0.3 is 0 Å². The van der Waals surface area contributed by atoms with E-state index in [1.807, 2.05) is 51.1 Å². The molecule has 4 heteroatoms. The second-order valence-electron chi connectivity index (χ2n) is 6.00. The molecule has 1 aromatic carbocycles. The number of alkyl halides is 2. The Kier molecular flexibility index (Phi) is 3.36. The van der Waals surface area contributed by atoms with E-state index in [4.69, 9.17) is 5.26 Å². The lowest BCUT2D eigenvalue weighted by molar-refractivity contribution is -0.0277. The number of likely N-dealkylation sites (tertiary alicyclic amines) is 1. The van der Waals surface area contributed by atoms with Gasteiger partial charge in [0.25, 0.3) is 5.92 Å². The van der Waals surface area contributed by atoms with Crippen LogP contribution in [0.25, 0.3) is 0 Å². The Morgan fingerprint density at radius 2 is 1.84 bits per heavy atom. The fourth-order valence-corrected chi connectivity index (χ4v) is 2.82. The van der Waals surface area contributed by atoms with Crippen molar-refractivity contribution in [3.63, 3.8) is 0 Å². The summed E-state index contributed by atoms with van der Waals surface area (Å²) in [5.41, 5.74) is 0.357. The maximum absolute atomic E-state index is 14.1. The summed E-state index contributed by atoms with van der Waals surface area (Å²) >= 11 is 0. The highest BCUT2D eigenvalue weighted by Crippen LogP contribution is 2.48. The maximum Gasteiger partial charge on any atom is 0.278 e. The van der Waals surface area contributed by atoms with Crippen molar-refractivity contribution < 1.29 is 8.78 Å². The minimum Gasteiger partial charge on any atom is -0.271 e. The van der Waals surface area contributed by atoms with Crippen LogP contribution in [-0.4, -0.2) is 22.4 Å². The van der Waals surface area contributed by atoms with Gasteiger partial charge in [0.15, 0.2) is 6.04 Å². The van der Waals surface area contributed by atoms with Gasteiger partial charge in [-0.05, 0) is 26.3 Å². The molecule has 0 unspecified atom stereocenters. The van der Waals surface area contributed by atoms with Gasteiger partial charge in [-0.3, -0.25) is 4.90 Å². The molecular formula is C15H18F2N2. The molecule has 1 fully saturated rings. The molecule has 0 radical (unpaired) electrons. The van der Waals surface area contributed by atoms with Crippen LogP contribution in [0.15, 0.2) is 30.3 Å². The second kappa shape index (κ2) is 4.57. The second-order valence-corrected chi connectivity index (χ2v) is 6.00. The summed E-state index contributed by atoms with van der Waals surface area (Å²) < 4.78 is 28.1.